The zero-order chi connectivity index (χ0) is 26.5. The third kappa shape index (κ3) is 5.28. The molecule has 0 aliphatic heterocycles. The number of para-hydroxylation sites is 1. The third-order valence-corrected chi connectivity index (χ3v) is 6.98. The van der Waals surface area contributed by atoms with Gasteiger partial charge in [-0.3, -0.25) is 14.3 Å². The number of rotatable bonds is 8. The fourth-order valence-electron chi connectivity index (χ4n) is 4.11. The first-order valence-corrected chi connectivity index (χ1v) is 13.1. The molecule has 5 rings (SSSR count). The maximum Gasteiger partial charge on any atom is 0.295 e. The molecule has 0 aliphatic rings. The van der Waals surface area contributed by atoms with Crippen LogP contribution in [0.5, 0.6) is 0 Å². The van der Waals surface area contributed by atoms with E-state index in [0.29, 0.717) is 22.3 Å². The molecule has 38 heavy (non-hydrogen) atoms. The molecule has 1 amide bonds. The highest BCUT2D eigenvalue weighted by atomic mass is 32.2. The van der Waals surface area contributed by atoms with E-state index in [1.807, 2.05) is 97.9 Å². The number of carbonyl (C=O) groups is 1. The summed E-state index contributed by atoms with van der Waals surface area (Å²) < 4.78 is 3.28. The lowest BCUT2D eigenvalue weighted by molar-refractivity contribution is -0.115. The molecule has 3 aromatic carbocycles. The zero-order valence-corrected chi connectivity index (χ0v) is 21.9. The first kappa shape index (κ1) is 25.2. The molecule has 0 saturated heterocycles. The largest absolute Gasteiger partial charge is 0.320 e. The molecule has 0 aliphatic carbocycles. The number of hydrogen-bond donors (Lipinski definition) is 1. The molecule has 2 heterocycles. The summed E-state index contributed by atoms with van der Waals surface area (Å²) in [5.41, 5.74) is 4.73. The van der Waals surface area contributed by atoms with Gasteiger partial charge in [-0.2, -0.15) is 0 Å². The minimum absolute atomic E-state index is 0.189. The molecule has 0 bridgehead atoms. The lowest BCUT2D eigenvalue weighted by atomic mass is 10.0. The van der Waals surface area contributed by atoms with E-state index in [9.17, 15) is 9.59 Å². The summed E-state index contributed by atoms with van der Waals surface area (Å²) in [5, 5.41) is 12.1. The number of benzene rings is 3. The molecule has 0 radical (unpaired) electrons. The normalized spacial score (nSPS) is 10.9. The van der Waals surface area contributed by atoms with Crippen LogP contribution in [0, 0.1) is 6.92 Å². The van der Waals surface area contributed by atoms with Gasteiger partial charge in [-0.15, -0.1) is 10.2 Å². The van der Waals surface area contributed by atoms with Gasteiger partial charge in [0.15, 0.2) is 0 Å². The van der Waals surface area contributed by atoms with Gasteiger partial charge in [-0.25, -0.2) is 9.67 Å². The number of nitrogens with one attached hydrogen (secondary N) is 1. The molecule has 0 fully saturated rings. The van der Waals surface area contributed by atoms with Crippen molar-refractivity contribution in [3.05, 3.63) is 107 Å². The Hall–Kier alpha value is -4.50. The summed E-state index contributed by atoms with van der Waals surface area (Å²) in [7, 11) is 1.79. The summed E-state index contributed by atoms with van der Waals surface area (Å²) in [6.45, 7) is 1.81. The van der Waals surface area contributed by atoms with Crippen molar-refractivity contribution in [1.82, 2.24) is 24.5 Å². The van der Waals surface area contributed by atoms with E-state index in [0.717, 1.165) is 22.5 Å². The van der Waals surface area contributed by atoms with E-state index in [1.165, 1.54) is 11.8 Å². The first-order chi connectivity index (χ1) is 18.5. The minimum atomic E-state index is -0.270. The highest BCUT2D eigenvalue weighted by Gasteiger charge is 2.18. The van der Waals surface area contributed by atoms with Crippen LogP contribution in [0.2, 0.25) is 0 Å². The molecule has 9 heteroatoms. The number of thioether (sulfide) groups is 1. The second kappa shape index (κ2) is 11.3. The molecule has 0 unspecified atom stereocenters. The van der Waals surface area contributed by atoms with Gasteiger partial charge in [-0.05, 0) is 19.1 Å². The number of aromatic nitrogens is 5. The molecule has 5 aromatic rings. The van der Waals surface area contributed by atoms with E-state index >= 15 is 0 Å². The van der Waals surface area contributed by atoms with E-state index in [4.69, 9.17) is 4.98 Å². The Bertz CT molecular complexity index is 1620. The maximum absolute atomic E-state index is 13.1. The molecule has 0 spiro atoms. The maximum atomic E-state index is 13.1. The van der Waals surface area contributed by atoms with Crippen molar-refractivity contribution in [3.63, 3.8) is 0 Å². The van der Waals surface area contributed by atoms with Crippen LogP contribution in [-0.4, -0.2) is 36.2 Å². The lowest BCUT2D eigenvalue weighted by Gasteiger charge is -2.09. The standard InChI is InChI=1S/C29H26N6O2S/c1-20-25(28(37)35(34(20)2)23-16-10-5-11-17-23)30-24(36)18-19-38-29-31-26(21-12-6-3-7-13-21)27(32-33-29)22-14-8-4-9-15-22/h3-17H,18-19H2,1-2H3,(H,30,36). The topological polar surface area (TPSA) is 94.7 Å². The zero-order valence-electron chi connectivity index (χ0n) is 21.0. The molecular weight excluding hydrogens is 496 g/mol. The van der Waals surface area contributed by atoms with Gasteiger partial charge in [0.05, 0.1) is 11.4 Å². The van der Waals surface area contributed by atoms with Crippen LogP contribution >= 0.6 is 11.8 Å². The van der Waals surface area contributed by atoms with Gasteiger partial charge in [0.25, 0.3) is 5.56 Å². The van der Waals surface area contributed by atoms with Crippen molar-refractivity contribution < 1.29 is 4.79 Å². The second-order valence-corrected chi connectivity index (χ2v) is 9.67. The van der Waals surface area contributed by atoms with Crippen LogP contribution in [0.15, 0.2) is 101 Å². The van der Waals surface area contributed by atoms with Crippen molar-refractivity contribution in [3.8, 4) is 28.2 Å². The molecular formula is C29H26N6O2S. The summed E-state index contributed by atoms with van der Waals surface area (Å²) in [6.07, 6.45) is 0.189. The Kier molecular flexibility index (Phi) is 7.46. The van der Waals surface area contributed by atoms with Crippen LogP contribution in [-0.2, 0) is 11.8 Å². The Morgan fingerprint density at radius 3 is 2.05 bits per heavy atom. The summed E-state index contributed by atoms with van der Waals surface area (Å²) in [6, 6.07) is 29.0. The van der Waals surface area contributed by atoms with Gasteiger partial charge in [0, 0.05) is 30.3 Å². The average Bonchev–Trinajstić information content (AvgIpc) is 3.17. The van der Waals surface area contributed by atoms with Gasteiger partial charge < -0.3 is 5.32 Å². The number of amides is 1. The smallest absolute Gasteiger partial charge is 0.295 e. The molecule has 0 atom stereocenters. The molecule has 8 nitrogen and oxygen atoms in total. The fourth-order valence-corrected chi connectivity index (χ4v) is 4.83. The minimum Gasteiger partial charge on any atom is -0.320 e. The summed E-state index contributed by atoms with van der Waals surface area (Å²) in [4.78, 5) is 30.6. The predicted octanol–water partition coefficient (Wildman–Crippen LogP) is 5.12. The van der Waals surface area contributed by atoms with Crippen molar-refractivity contribution in [1.29, 1.82) is 0 Å². The quantitative estimate of drug-likeness (QED) is 0.284. The molecule has 190 valence electrons. The van der Waals surface area contributed by atoms with E-state index < -0.39 is 0 Å². The highest BCUT2D eigenvalue weighted by molar-refractivity contribution is 7.99. The van der Waals surface area contributed by atoms with Gasteiger partial charge >= 0.3 is 0 Å². The summed E-state index contributed by atoms with van der Waals surface area (Å²) in [5.74, 6) is 0.186. The average molecular weight is 523 g/mol. The van der Waals surface area contributed by atoms with Crippen molar-refractivity contribution >= 4 is 23.4 Å². The van der Waals surface area contributed by atoms with E-state index in [-0.39, 0.29) is 23.6 Å². The van der Waals surface area contributed by atoms with Crippen LogP contribution in [0.3, 0.4) is 0 Å². The number of carbonyl (C=O) groups excluding carboxylic acids is 1. The van der Waals surface area contributed by atoms with Crippen LogP contribution in [0.1, 0.15) is 12.1 Å². The summed E-state index contributed by atoms with van der Waals surface area (Å²) >= 11 is 1.35. The highest BCUT2D eigenvalue weighted by Crippen LogP contribution is 2.29. The Morgan fingerprint density at radius 1 is 0.842 bits per heavy atom. The van der Waals surface area contributed by atoms with Crippen LogP contribution in [0.4, 0.5) is 5.69 Å². The number of hydrogen-bond acceptors (Lipinski definition) is 6. The van der Waals surface area contributed by atoms with Crippen molar-refractivity contribution in [2.24, 2.45) is 7.05 Å². The Morgan fingerprint density at radius 2 is 1.42 bits per heavy atom. The van der Waals surface area contributed by atoms with Gasteiger partial charge in [0.2, 0.25) is 11.1 Å². The van der Waals surface area contributed by atoms with E-state index in [2.05, 4.69) is 15.5 Å². The predicted molar refractivity (Wildman–Crippen MR) is 150 cm³/mol. The monoisotopic (exact) mass is 522 g/mol. The Labute approximate surface area is 224 Å². The number of anilines is 1. The van der Waals surface area contributed by atoms with Crippen LogP contribution < -0.4 is 10.9 Å². The second-order valence-electron chi connectivity index (χ2n) is 8.61. The van der Waals surface area contributed by atoms with Crippen LogP contribution in [0.25, 0.3) is 28.2 Å². The fraction of sp³-hybridized carbons (Fsp3) is 0.138. The van der Waals surface area contributed by atoms with Crippen molar-refractivity contribution in [2.75, 3.05) is 11.1 Å². The van der Waals surface area contributed by atoms with Gasteiger partial charge in [0.1, 0.15) is 17.1 Å². The SMILES string of the molecule is Cc1c(NC(=O)CCSc2nnc(-c3ccccc3)c(-c3ccccc3)n2)c(=O)n(-c2ccccc2)n1C. The van der Waals surface area contributed by atoms with Crippen molar-refractivity contribution in [2.45, 2.75) is 18.5 Å². The number of nitrogens with zero attached hydrogens (tertiary/aromatic N) is 5. The van der Waals surface area contributed by atoms with E-state index in [1.54, 1.807) is 16.4 Å². The molecule has 1 N–H and O–H groups in total. The lowest BCUT2D eigenvalue weighted by Crippen LogP contribution is -2.23. The molecule has 2 aromatic heterocycles. The molecule has 0 saturated carbocycles. The first-order valence-electron chi connectivity index (χ1n) is 12.1. The third-order valence-electron chi connectivity index (χ3n) is 6.14. The Balaban J connectivity index is 1.29. The van der Waals surface area contributed by atoms with Gasteiger partial charge in [-0.1, -0.05) is 90.6 Å².